The van der Waals surface area contributed by atoms with Crippen LogP contribution in [0.3, 0.4) is 0 Å². The Labute approximate surface area is 296 Å². The van der Waals surface area contributed by atoms with Crippen LogP contribution in [-0.4, -0.2) is 4.57 Å². The highest BCUT2D eigenvalue weighted by Gasteiger charge is 2.43. The molecular formula is C48H35NS. The zero-order chi connectivity index (χ0) is 32.8. The molecule has 0 saturated heterocycles. The number of fused-ring (bicyclic) bond motifs is 11. The van der Waals surface area contributed by atoms with Gasteiger partial charge in [-0.2, -0.15) is 0 Å². The summed E-state index contributed by atoms with van der Waals surface area (Å²) in [7, 11) is 0. The first-order valence-corrected chi connectivity index (χ1v) is 18.9. The topological polar surface area (TPSA) is 4.93 Å². The number of rotatable bonds is 3. The van der Waals surface area contributed by atoms with E-state index in [1.807, 2.05) is 11.3 Å². The van der Waals surface area contributed by atoms with Gasteiger partial charge in [-0.3, -0.25) is 0 Å². The molecule has 0 N–H and O–H groups in total. The third-order valence-electron chi connectivity index (χ3n) is 11.8. The fourth-order valence-electron chi connectivity index (χ4n) is 9.48. The van der Waals surface area contributed by atoms with Gasteiger partial charge in [-0.25, -0.2) is 0 Å². The maximum Gasteiger partial charge on any atom is 0.0541 e. The fraction of sp³-hybridized carbons (Fsp3) is 0.125. The van der Waals surface area contributed by atoms with Gasteiger partial charge in [0.05, 0.1) is 11.0 Å². The number of nitrogens with zero attached hydrogens (tertiary/aromatic N) is 1. The first kappa shape index (κ1) is 28.4. The van der Waals surface area contributed by atoms with Crippen molar-refractivity contribution in [1.29, 1.82) is 0 Å². The van der Waals surface area contributed by atoms with Gasteiger partial charge in [0, 0.05) is 42.0 Å². The third kappa shape index (κ3) is 4.06. The molecule has 9 aromatic rings. The quantitative estimate of drug-likeness (QED) is 0.178. The molecule has 7 aromatic carbocycles. The number of benzene rings is 7. The van der Waals surface area contributed by atoms with Crippen molar-refractivity contribution >= 4 is 53.3 Å². The number of hydrogen-bond donors (Lipinski definition) is 0. The standard InChI is InChI=1S/C48H35NS/c1-3-12-31(13-4-1)32-14-11-15-35(26-32)49-44-19-8-6-17-37(44)39-27-33(20-22-45(39)49)34-21-23-46-40(28-34)41-29-43-38(30-47(41)50-46)36-16-5-7-18-42(36)48(43)24-9-2-10-25-48/h1,3-8,11-23,26-30H,2,9-10,24-25H2. The van der Waals surface area contributed by atoms with Gasteiger partial charge < -0.3 is 4.57 Å². The van der Waals surface area contributed by atoms with E-state index in [1.165, 1.54) is 113 Å². The lowest BCUT2D eigenvalue weighted by Crippen LogP contribution is -2.27. The molecule has 0 amide bonds. The average molecular weight is 658 g/mol. The van der Waals surface area contributed by atoms with Crippen LogP contribution in [0.2, 0.25) is 0 Å². The van der Waals surface area contributed by atoms with E-state index in [2.05, 4.69) is 156 Å². The molecule has 50 heavy (non-hydrogen) atoms. The average Bonchev–Trinajstić information content (AvgIpc) is 3.80. The van der Waals surface area contributed by atoms with Gasteiger partial charge in [-0.05, 0) is 112 Å². The minimum atomic E-state index is 0.171. The normalized spacial score (nSPS) is 15.0. The molecule has 0 radical (unpaired) electrons. The second kappa shape index (κ2) is 10.8. The van der Waals surface area contributed by atoms with E-state index in [9.17, 15) is 0 Å². The van der Waals surface area contributed by atoms with E-state index < -0.39 is 0 Å². The molecular weight excluding hydrogens is 623 g/mol. The molecule has 1 spiro atoms. The Morgan fingerprint density at radius 3 is 2.02 bits per heavy atom. The summed E-state index contributed by atoms with van der Waals surface area (Å²) in [5.41, 5.74) is 14.9. The van der Waals surface area contributed by atoms with E-state index >= 15 is 0 Å². The van der Waals surface area contributed by atoms with Crippen LogP contribution < -0.4 is 0 Å². The molecule has 2 heteroatoms. The Kier molecular flexibility index (Phi) is 6.12. The summed E-state index contributed by atoms with van der Waals surface area (Å²) in [5.74, 6) is 0. The lowest BCUT2D eigenvalue weighted by molar-refractivity contribution is 0.353. The third-order valence-corrected chi connectivity index (χ3v) is 12.9. The number of thiophene rings is 1. The molecule has 0 bridgehead atoms. The molecule has 2 aliphatic carbocycles. The van der Waals surface area contributed by atoms with Crippen molar-refractivity contribution in [3.63, 3.8) is 0 Å². The minimum absolute atomic E-state index is 0.171. The van der Waals surface area contributed by atoms with Crippen molar-refractivity contribution in [2.24, 2.45) is 0 Å². The van der Waals surface area contributed by atoms with E-state index in [1.54, 1.807) is 11.1 Å². The van der Waals surface area contributed by atoms with Gasteiger partial charge in [0.2, 0.25) is 0 Å². The van der Waals surface area contributed by atoms with Crippen LogP contribution in [0.1, 0.15) is 43.2 Å². The Balaban J connectivity index is 1.06. The lowest BCUT2D eigenvalue weighted by atomic mass is 9.68. The van der Waals surface area contributed by atoms with Crippen LogP contribution in [0.25, 0.3) is 81.0 Å². The molecule has 11 rings (SSSR count). The Bertz CT molecular complexity index is 2790. The van der Waals surface area contributed by atoms with E-state index in [-0.39, 0.29) is 5.41 Å². The van der Waals surface area contributed by atoms with E-state index in [4.69, 9.17) is 0 Å². The Morgan fingerprint density at radius 1 is 0.420 bits per heavy atom. The Morgan fingerprint density at radius 2 is 1.12 bits per heavy atom. The highest BCUT2D eigenvalue weighted by Crippen LogP contribution is 2.57. The maximum absolute atomic E-state index is 2.60. The van der Waals surface area contributed by atoms with Crippen molar-refractivity contribution in [3.05, 3.63) is 163 Å². The largest absolute Gasteiger partial charge is 0.309 e. The van der Waals surface area contributed by atoms with Gasteiger partial charge in [-0.1, -0.05) is 116 Å². The monoisotopic (exact) mass is 657 g/mol. The van der Waals surface area contributed by atoms with Crippen LogP contribution in [0.15, 0.2) is 152 Å². The predicted octanol–water partition coefficient (Wildman–Crippen LogP) is 13.7. The maximum atomic E-state index is 2.60. The number of para-hydroxylation sites is 1. The molecule has 2 aliphatic rings. The second-order valence-corrected chi connectivity index (χ2v) is 15.5. The molecule has 1 fully saturated rings. The van der Waals surface area contributed by atoms with Crippen LogP contribution in [0.4, 0.5) is 0 Å². The summed E-state index contributed by atoms with van der Waals surface area (Å²) in [6, 6.07) is 57.0. The molecule has 238 valence electrons. The van der Waals surface area contributed by atoms with Gasteiger partial charge in [0.15, 0.2) is 0 Å². The van der Waals surface area contributed by atoms with Crippen molar-refractivity contribution in [3.8, 4) is 39.1 Å². The fourth-order valence-corrected chi connectivity index (χ4v) is 10.6. The lowest BCUT2D eigenvalue weighted by Gasteiger charge is -2.36. The number of hydrogen-bond acceptors (Lipinski definition) is 1. The smallest absolute Gasteiger partial charge is 0.0541 e. The summed E-state index contributed by atoms with van der Waals surface area (Å²) in [6.45, 7) is 0. The van der Waals surface area contributed by atoms with Gasteiger partial charge in [0.1, 0.15) is 0 Å². The summed E-state index contributed by atoms with van der Waals surface area (Å²) in [6.07, 6.45) is 6.52. The predicted molar refractivity (Wildman–Crippen MR) is 214 cm³/mol. The summed E-state index contributed by atoms with van der Waals surface area (Å²) >= 11 is 1.94. The van der Waals surface area contributed by atoms with Gasteiger partial charge in [0.25, 0.3) is 0 Å². The zero-order valence-corrected chi connectivity index (χ0v) is 28.6. The number of aromatic nitrogens is 1. The van der Waals surface area contributed by atoms with Crippen LogP contribution in [0, 0.1) is 0 Å². The SMILES string of the molecule is c1ccc(-c2cccc(-n3c4ccccc4c4cc(-c5ccc6sc7cc8c(cc7c6c5)C5(CCCCC5)c5ccccc5-8)ccc43)c2)cc1. The summed E-state index contributed by atoms with van der Waals surface area (Å²) in [4.78, 5) is 0. The molecule has 0 atom stereocenters. The van der Waals surface area contributed by atoms with Crippen LogP contribution >= 0.6 is 11.3 Å². The van der Waals surface area contributed by atoms with E-state index in [0.29, 0.717) is 0 Å². The highest BCUT2D eigenvalue weighted by atomic mass is 32.1. The van der Waals surface area contributed by atoms with Crippen molar-refractivity contribution in [1.82, 2.24) is 4.57 Å². The first-order valence-electron chi connectivity index (χ1n) is 18.1. The summed E-state index contributed by atoms with van der Waals surface area (Å²) in [5, 5.41) is 5.37. The van der Waals surface area contributed by atoms with E-state index in [0.717, 1.165) is 0 Å². The molecule has 0 unspecified atom stereocenters. The van der Waals surface area contributed by atoms with Gasteiger partial charge in [-0.15, -0.1) is 11.3 Å². The highest BCUT2D eigenvalue weighted by molar-refractivity contribution is 7.25. The molecule has 2 heterocycles. The molecule has 1 nitrogen and oxygen atoms in total. The zero-order valence-electron chi connectivity index (χ0n) is 27.8. The second-order valence-electron chi connectivity index (χ2n) is 14.4. The first-order chi connectivity index (χ1) is 24.7. The van der Waals surface area contributed by atoms with Crippen LogP contribution in [0.5, 0.6) is 0 Å². The molecule has 0 aliphatic heterocycles. The van der Waals surface area contributed by atoms with Crippen LogP contribution in [-0.2, 0) is 5.41 Å². The molecule has 1 saturated carbocycles. The van der Waals surface area contributed by atoms with Crippen molar-refractivity contribution < 1.29 is 0 Å². The Hall–Kier alpha value is -5.44. The minimum Gasteiger partial charge on any atom is -0.309 e. The molecule has 2 aromatic heterocycles. The van der Waals surface area contributed by atoms with Crippen molar-refractivity contribution in [2.75, 3.05) is 0 Å². The summed E-state index contributed by atoms with van der Waals surface area (Å²) < 4.78 is 5.19. The van der Waals surface area contributed by atoms with Gasteiger partial charge >= 0.3 is 0 Å². The van der Waals surface area contributed by atoms with Crippen molar-refractivity contribution in [2.45, 2.75) is 37.5 Å².